The van der Waals surface area contributed by atoms with E-state index in [0.717, 1.165) is 19.0 Å². The van der Waals surface area contributed by atoms with Crippen molar-refractivity contribution in [2.75, 3.05) is 19.6 Å². The predicted molar refractivity (Wildman–Crippen MR) is 80.9 cm³/mol. The molecule has 1 aliphatic heterocycles. The third-order valence-electron chi connectivity index (χ3n) is 4.47. The third-order valence-corrected chi connectivity index (χ3v) is 4.47. The summed E-state index contributed by atoms with van der Waals surface area (Å²) in [5.41, 5.74) is 0.368. The Balaban J connectivity index is 2.71. The minimum Gasteiger partial charge on any atom is -0.311 e. The van der Waals surface area contributed by atoms with E-state index in [4.69, 9.17) is 0 Å². The van der Waals surface area contributed by atoms with E-state index in [9.17, 15) is 0 Å². The van der Waals surface area contributed by atoms with E-state index in [-0.39, 0.29) is 0 Å². The van der Waals surface area contributed by atoms with Crippen molar-refractivity contribution in [1.82, 2.24) is 10.2 Å². The zero-order valence-electron chi connectivity index (χ0n) is 13.0. The lowest BCUT2D eigenvalue weighted by Gasteiger charge is -2.49. The summed E-state index contributed by atoms with van der Waals surface area (Å²) >= 11 is 0. The lowest BCUT2D eigenvalue weighted by atomic mass is 9.86. The van der Waals surface area contributed by atoms with Crippen molar-refractivity contribution >= 4 is 0 Å². The van der Waals surface area contributed by atoms with Crippen LogP contribution in [0.2, 0.25) is 0 Å². The van der Waals surface area contributed by atoms with E-state index >= 15 is 0 Å². The standard InChI is InChI=1S/C16H32N2/c1-6-9-10-18-12-15(11-14(4)5)17-13-16(18,7-2)8-3/h6,9,14-15,17H,7-8,10-13H2,1-5H3/b9-6+. The smallest absolute Gasteiger partial charge is 0.0332 e. The molecule has 2 heteroatoms. The first-order valence-corrected chi connectivity index (χ1v) is 7.67. The Labute approximate surface area is 114 Å². The number of allylic oxidation sites excluding steroid dienone is 1. The second-order valence-corrected chi connectivity index (χ2v) is 6.11. The number of hydrogen-bond acceptors (Lipinski definition) is 2. The van der Waals surface area contributed by atoms with Crippen LogP contribution < -0.4 is 5.32 Å². The topological polar surface area (TPSA) is 15.3 Å². The molecule has 0 aromatic carbocycles. The van der Waals surface area contributed by atoms with Gasteiger partial charge in [0, 0.05) is 31.2 Å². The van der Waals surface area contributed by atoms with Gasteiger partial charge < -0.3 is 5.32 Å². The number of rotatable bonds is 6. The Kier molecular flexibility index (Phi) is 6.37. The van der Waals surface area contributed by atoms with Crippen LogP contribution in [0, 0.1) is 5.92 Å². The summed E-state index contributed by atoms with van der Waals surface area (Å²) < 4.78 is 0. The fraction of sp³-hybridized carbons (Fsp3) is 0.875. The van der Waals surface area contributed by atoms with Crippen molar-refractivity contribution in [3.63, 3.8) is 0 Å². The molecule has 1 atom stereocenters. The highest BCUT2D eigenvalue weighted by Gasteiger charge is 2.38. The molecule has 1 N–H and O–H groups in total. The molecular formula is C16H32N2. The van der Waals surface area contributed by atoms with Crippen molar-refractivity contribution in [2.24, 2.45) is 5.92 Å². The van der Waals surface area contributed by atoms with E-state index in [2.05, 4.69) is 57.0 Å². The Hall–Kier alpha value is -0.340. The molecule has 0 spiro atoms. The van der Waals surface area contributed by atoms with E-state index < -0.39 is 0 Å². The van der Waals surface area contributed by atoms with Crippen LogP contribution in [0.4, 0.5) is 0 Å². The molecule has 0 aliphatic carbocycles. The Morgan fingerprint density at radius 1 is 1.33 bits per heavy atom. The van der Waals surface area contributed by atoms with E-state index in [1.54, 1.807) is 0 Å². The van der Waals surface area contributed by atoms with Crippen LogP contribution in [-0.4, -0.2) is 36.1 Å². The van der Waals surface area contributed by atoms with Gasteiger partial charge in [-0.25, -0.2) is 0 Å². The lowest BCUT2D eigenvalue weighted by Crippen LogP contribution is -2.64. The van der Waals surface area contributed by atoms with Gasteiger partial charge in [-0.2, -0.15) is 0 Å². The zero-order valence-corrected chi connectivity index (χ0v) is 13.0. The van der Waals surface area contributed by atoms with Crippen molar-refractivity contribution < 1.29 is 0 Å². The second-order valence-electron chi connectivity index (χ2n) is 6.11. The van der Waals surface area contributed by atoms with Gasteiger partial charge in [0.25, 0.3) is 0 Å². The van der Waals surface area contributed by atoms with Gasteiger partial charge >= 0.3 is 0 Å². The highest BCUT2D eigenvalue weighted by molar-refractivity contribution is 5.00. The number of nitrogens with one attached hydrogen (secondary N) is 1. The summed E-state index contributed by atoms with van der Waals surface area (Å²) in [6.45, 7) is 14.9. The zero-order chi connectivity index (χ0) is 13.6. The molecule has 106 valence electrons. The van der Waals surface area contributed by atoms with Crippen LogP contribution >= 0.6 is 0 Å². The first kappa shape index (κ1) is 15.7. The molecule has 2 nitrogen and oxygen atoms in total. The summed E-state index contributed by atoms with van der Waals surface area (Å²) in [5.74, 6) is 0.779. The molecule has 0 aromatic heterocycles. The van der Waals surface area contributed by atoms with Crippen LogP contribution in [0.3, 0.4) is 0 Å². The lowest BCUT2D eigenvalue weighted by molar-refractivity contribution is 0.0380. The van der Waals surface area contributed by atoms with Crippen LogP contribution in [0.15, 0.2) is 12.2 Å². The molecule has 1 heterocycles. The molecule has 1 fully saturated rings. The minimum absolute atomic E-state index is 0.368. The number of piperazine rings is 1. The van der Waals surface area contributed by atoms with Gasteiger partial charge in [0.1, 0.15) is 0 Å². The first-order chi connectivity index (χ1) is 8.57. The fourth-order valence-corrected chi connectivity index (χ4v) is 3.15. The molecule has 1 saturated heterocycles. The third kappa shape index (κ3) is 3.83. The van der Waals surface area contributed by atoms with Crippen LogP contribution in [0.5, 0.6) is 0 Å². The molecule has 1 aliphatic rings. The molecule has 0 amide bonds. The minimum atomic E-state index is 0.368. The van der Waals surface area contributed by atoms with Crippen LogP contribution in [0.1, 0.15) is 53.9 Å². The summed E-state index contributed by atoms with van der Waals surface area (Å²) in [6, 6.07) is 0.668. The van der Waals surface area contributed by atoms with Gasteiger partial charge in [-0.05, 0) is 32.1 Å². The highest BCUT2D eigenvalue weighted by Crippen LogP contribution is 2.28. The largest absolute Gasteiger partial charge is 0.311 e. The maximum absolute atomic E-state index is 3.78. The van der Waals surface area contributed by atoms with Gasteiger partial charge in [-0.15, -0.1) is 0 Å². The average Bonchev–Trinajstić information content (AvgIpc) is 2.36. The average molecular weight is 252 g/mol. The molecule has 18 heavy (non-hydrogen) atoms. The van der Waals surface area contributed by atoms with Crippen molar-refractivity contribution in [3.05, 3.63) is 12.2 Å². The van der Waals surface area contributed by atoms with Gasteiger partial charge in [-0.3, -0.25) is 4.90 Å². The second kappa shape index (κ2) is 7.30. The van der Waals surface area contributed by atoms with Gasteiger partial charge in [0.05, 0.1) is 0 Å². The Bertz CT molecular complexity index is 254. The van der Waals surface area contributed by atoms with Crippen molar-refractivity contribution in [3.8, 4) is 0 Å². The SMILES string of the molecule is C/C=C/CN1CC(CC(C)C)NCC1(CC)CC. The molecule has 0 radical (unpaired) electrons. The predicted octanol–water partition coefficient (Wildman–Crippen LogP) is 3.44. The number of hydrogen-bond donors (Lipinski definition) is 1. The Morgan fingerprint density at radius 3 is 2.50 bits per heavy atom. The van der Waals surface area contributed by atoms with Gasteiger partial charge in [0.2, 0.25) is 0 Å². The first-order valence-electron chi connectivity index (χ1n) is 7.67. The summed E-state index contributed by atoms with van der Waals surface area (Å²) in [6.07, 6.45) is 8.24. The van der Waals surface area contributed by atoms with Gasteiger partial charge in [-0.1, -0.05) is 39.8 Å². The maximum Gasteiger partial charge on any atom is 0.0332 e. The molecular weight excluding hydrogens is 220 g/mol. The molecule has 1 unspecified atom stereocenters. The molecule has 0 bridgehead atoms. The Morgan fingerprint density at radius 2 is 2.00 bits per heavy atom. The van der Waals surface area contributed by atoms with Crippen LogP contribution in [0.25, 0.3) is 0 Å². The summed E-state index contributed by atoms with van der Waals surface area (Å²) in [5, 5.41) is 3.78. The normalized spacial score (nSPS) is 25.1. The molecule has 0 saturated carbocycles. The van der Waals surface area contributed by atoms with Crippen molar-refractivity contribution in [1.29, 1.82) is 0 Å². The summed E-state index contributed by atoms with van der Waals surface area (Å²) in [4.78, 5) is 2.70. The van der Waals surface area contributed by atoms with E-state index in [0.29, 0.717) is 11.6 Å². The molecule has 1 rings (SSSR count). The van der Waals surface area contributed by atoms with E-state index in [1.165, 1.54) is 25.8 Å². The number of nitrogens with zero attached hydrogens (tertiary/aromatic N) is 1. The maximum atomic E-state index is 3.78. The quantitative estimate of drug-likeness (QED) is 0.729. The highest BCUT2D eigenvalue weighted by atomic mass is 15.3. The molecule has 0 aromatic rings. The summed E-state index contributed by atoms with van der Waals surface area (Å²) in [7, 11) is 0. The monoisotopic (exact) mass is 252 g/mol. The fourth-order valence-electron chi connectivity index (χ4n) is 3.15. The van der Waals surface area contributed by atoms with E-state index in [1.807, 2.05) is 0 Å². The van der Waals surface area contributed by atoms with Crippen molar-refractivity contribution in [2.45, 2.75) is 65.5 Å². The van der Waals surface area contributed by atoms with Crippen LogP contribution in [-0.2, 0) is 0 Å². The van der Waals surface area contributed by atoms with Gasteiger partial charge in [0.15, 0.2) is 0 Å².